The Morgan fingerprint density at radius 3 is 2.47 bits per heavy atom. The maximum absolute atomic E-state index is 12.9. The second-order valence-corrected chi connectivity index (χ2v) is 7.38. The van der Waals surface area contributed by atoms with E-state index in [4.69, 9.17) is 9.47 Å². The van der Waals surface area contributed by atoms with Crippen LogP contribution in [0.15, 0.2) is 83.9 Å². The summed E-state index contributed by atoms with van der Waals surface area (Å²) in [5, 5.41) is 0. The zero-order chi connectivity index (χ0) is 20.9. The van der Waals surface area contributed by atoms with Gasteiger partial charge in [0.25, 0.3) is 5.91 Å². The van der Waals surface area contributed by atoms with Crippen LogP contribution in [0.2, 0.25) is 0 Å². The number of carbonyl (C=O) groups excluding carboxylic acids is 2. The molecule has 7 heteroatoms. The predicted octanol–water partition coefficient (Wildman–Crippen LogP) is 4.41. The van der Waals surface area contributed by atoms with Crippen molar-refractivity contribution in [2.45, 2.75) is 6.54 Å². The van der Waals surface area contributed by atoms with Crippen LogP contribution < -0.4 is 9.54 Å². The maximum atomic E-state index is 12.9. The first-order valence-corrected chi connectivity index (χ1v) is 10.0. The molecule has 0 radical (unpaired) electrons. The summed E-state index contributed by atoms with van der Waals surface area (Å²) in [6.07, 6.45) is 0. The lowest BCUT2D eigenvalue weighted by atomic mass is 10.2. The molecule has 0 aliphatic rings. The number of aromatic nitrogens is 1. The van der Waals surface area contributed by atoms with Crippen LogP contribution in [-0.4, -0.2) is 23.6 Å². The van der Waals surface area contributed by atoms with E-state index in [1.165, 1.54) is 18.4 Å². The third-order valence-electron chi connectivity index (χ3n) is 4.36. The SMILES string of the molecule is COC(=O)Cn1c(=NC(=O)c2cccc(Oc3ccccc3)c2)sc2ccccc21. The van der Waals surface area contributed by atoms with E-state index in [0.29, 0.717) is 21.9 Å². The average molecular weight is 418 g/mol. The quantitative estimate of drug-likeness (QED) is 0.450. The van der Waals surface area contributed by atoms with Crippen LogP contribution >= 0.6 is 11.3 Å². The summed E-state index contributed by atoms with van der Waals surface area (Å²) in [5.74, 6) is 0.393. The van der Waals surface area contributed by atoms with Crippen molar-refractivity contribution >= 4 is 33.4 Å². The minimum atomic E-state index is -0.418. The molecule has 4 rings (SSSR count). The number of esters is 1. The van der Waals surface area contributed by atoms with Crippen molar-refractivity contribution in [3.63, 3.8) is 0 Å². The summed E-state index contributed by atoms with van der Waals surface area (Å²) in [4.78, 5) is 29.4. The van der Waals surface area contributed by atoms with Crippen molar-refractivity contribution in [2.24, 2.45) is 4.99 Å². The molecule has 0 aliphatic carbocycles. The van der Waals surface area contributed by atoms with Gasteiger partial charge < -0.3 is 14.0 Å². The zero-order valence-corrected chi connectivity index (χ0v) is 17.0. The van der Waals surface area contributed by atoms with Gasteiger partial charge in [-0.1, -0.05) is 47.7 Å². The number of hydrogen-bond acceptors (Lipinski definition) is 5. The first kappa shape index (κ1) is 19.6. The summed E-state index contributed by atoms with van der Waals surface area (Å²) in [6, 6.07) is 23.8. The van der Waals surface area contributed by atoms with Gasteiger partial charge in [-0.2, -0.15) is 4.99 Å². The molecule has 0 saturated carbocycles. The average Bonchev–Trinajstić information content (AvgIpc) is 3.11. The highest BCUT2D eigenvalue weighted by Crippen LogP contribution is 2.22. The minimum Gasteiger partial charge on any atom is -0.468 e. The van der Waals surface area contributed by atoms with Crippen LogP contribution in [0, 0.1) is 0 Å². The molecule has 1 amide bonds. The van der Waals surface area contributed by atoms with Crippen molar-refractivity contribution in [3.8, 4) is 11.5 Å². The van der Waals surface area contributed by atoms with Gasteiger partial charge >= 0.3 is 5.97 Å². The number of ether oxygens (including phenoxy) is 2. The molecular formula is C23H18N2O4S. The monoisotopic (exact) mass is 418 g/mol. The number of fused-ring (bicyclic) bond motifs is 1. The second kappa shape index (κ2) is 8.75. The van der Waals surface area contributed by atoms with Gasteiger partial charge in [-0.3, -0.25) is 9.59 Å². The van der Waals surface area contributed by atoms with Crippen molar-refractivity contribution in [1.82, 2.24) is 4.57 Å². The number of methoxy groups -OCH3 is 1. The lowest BCUT2D eigenvalue weighted by Crippen LogP contribution is -2.22. The van der Waals surface area contributed by atoms with Gasteiger partial charge in [0.05, 0.1) is 17.3 Å². The molecule has 0 fully saturated rings. The van der Waals surface area contributed by atoms with Gasteiger partial charge in [-0.25, -0.2) is 0 Å². The summed E-state index contributed by atoms with van der Waals surface area (Å²) in [5.41, 5.74) is 1.21. The smallest absolute Gasteiger partial charge is 0.325 e. The highest BCUT2D eigenvalue weighted by molar-refractivity contribution is 7.16. The van der Waals surface area contributed by atoms with Gasteiger partial charge in [-0.05, 0) is 42.5 Å². The minimum absolute atomic E-state index is 0.0240. The molecule has 1 aromatic heterocycles. The van der Waals surface area contributed by atoms with E-state index < -0.39 is 11.9 Å². The largest absolute Gasteiger partial charge is 0.468 e. The molecule has 1 heterocycles. The van der Waals surface area contributed by atoms with Crippen LogP contribution in [0.1, 0.15) is 10.4 Å². The Balaban J connectivity index is 1.69. The van der Waals surface area contributed by atoms with Crippen molar-refractivity contribution < 1.29 is 19.1 Å². The van der Waals surface area contributed by atoms with Gasteiger partial charge in [-0.15, -0.1) is 0 Å². The first-order valence-electron chi connectivity index (χ1n) is 9.21. The van der Waals surface area contributed by atoms with E-state index in [0.717, 1.165) is 10.2 Å². The van der Waals surface area contributed by atoms with E-state index in [2.05, 4.69) is 4.99 Å². The van der Waals surface area contributed by atoms with Gasteiger partial charge in [0.15, 0.2) is 4.80 Å². The fraction of sp³-hybridized carbons (Fsp3) is 0.0870. The Bertz CT molecular complexity index is 1280. The zero-order valence-electron chi connectivity index (χ0n) is 16.1. The molecule has 4 aromatic rings. The van der Waals surface area contributed by atoms with Crippen molar-refractivity contribution in [2.75, 3.05) is 7.11 Å². The maximum Gasteiger partial charge on any atom is 0.325 e. The van der Waals surface area contributed by atoms with Gasteiger partial charge in [0.1, 0.15) is 18.0 Å². The second-order valence-electron chi connectivity index (χ2n) is 6.37. The number of amides is 1. The van der Waals surface area contributed by atoms with E-state index in [1.54, 1.807) is 28.8 Å². The molecule has 0 atom stereocenters. The Hall–Kier alpha value is -3.71. The normalized spacial score (nSPS) is 11.4. The molecule has 0 aliphatic heterocycles. The van der Waals surface area contributed by atoms with E-state index in [1.807, 2.05) is 54.6 Å². The Morgan fingerprint density at radius 1 is 0.933 bits per heavy atom. The first-order chi connectivity index (χ1) is 14.6. The van der Waals surface area contributed by atoms with Gasteiger partial charge in [0, 0.05) is 5.56 Å². The lowest BCUT2D eigenvalue weighted by Gasteiger charge is -2.06. The summed E-state index contributed by atoms with van der Waals surface area (Å²) >= 11 is 1.34. The molecular weight excluding hydrogens is 400 g/mol. The van der Waals surface area contributed by atoms with Crippen LogP contribution in [-0.2, 0) is 16.1 Å². The third kappa shape index (κ3) is 4.31. The number of hydrogen-bond donors (Lipinski definition) is 0. The highest BCUT2D eigenvalue weighted by atomic mass is 32.1. The number of benzene rings is 3. The molecule has 3 aromatic carbocycles. The number of carbonyl (C=O) groups is 2. The van der Waals surface area contributed by atoms with Crippen molar-refractivity contribution in [1.29, 1.82) is 0 Å². The standard InChI is InChI=1S/C23H18N2O4S/c1-28-21(26)15-25-19-12-5-6-13-20(19)30-23(25)24-22(27)16-8-7-11-18(14-16)29-17-9-3-2-4-10-17/h2-14H,15H2,1H3. The summed E-state index contributed by atoms with van der Waals surface area (Å²) < 4.78 is 13.2. The van der Waals surface area contributed by atoms with Crippen LogP contribution in [0.4, 0.5) is 0 Å². The molecule has 6 nitrogen and oxygen atoms in total. The van der Waals surface area contributed by atoms with Crippen molar-refractivity contribution in [3.05, 3.63) is 89.2 Å². The predicted molar refractivity (Wildman–Crippen MR) is 115 cm³/mol. The Labute approximate surface area is 176 Å². The highest BCUT2D eigenvalue weighted by Gasteiger charge is 2.12. The molecule has 0 spiro atoms. The third-order valence-corrected chi connectivity index (χ3v) is 5.42. The summed E-state index contributed by atoms with van der Waals surface area (Å²) in [6.45, 7) is -0.0240. The number of thiazole rings is 1. The van der Waals surface area contributed by atoms with Crippen LogP contribution in [0.5, 0.6) is 11.5 Å². The molecule has 150 valence electrons. The molecule has 30 heavy (non-hydrogen) atoms. The van der Waals surface area contributed by atoms with E-state index in [-0.39, 0.29) is 6.54 Å². The topological polar surface area (TPSA) is 69.9 Å². The van der Waals surface area contributed by atoms with E-state index >= 15 is 0 Å². The fourth-order valence-corrected chi connectivity index (χ4v) is 3.95. The molecule has 0 saturated heterocycles. The lowest BCUT2D eigenvalue weighted by molar-refractivity contribution is -0.141. The molecule has 0 bridgehead atoms. The fourth-order valence-electron chi connectivity index (χ4n) is 2.92. The number of para-hydroxylation sites is 2. The molecule has 0 N–H and O–H groups in total. The number of rotatable bonds is 5. The van der Waals surface area contributed by atoms with Crippen LogP contribution in [0.25, 0.3) is 10.2 Å². The molecule has 0 unspecified atom stereocenters. The number of nitrogens with zero attached hydrogens (tertiary/aromatic N) is 2. The summed E-state index contributed by atoms with van der Waals surface area (Å²) in [7, 11) is 1.33. The van der Waals surface area contributed by atoms with Crippen LogP contribution in [0.3, 0.4) is 0 Å². The Morgan fingerprint density at radius 2 is 1.67 bits per heavy atom. The van der Waals surface area contributed by atoms with E-state index in [9.17, 15) is 9.59 Å². The van der Waals surface area contributed by atoms with Gasteiger partial charge in [0.2, 0.25) is 0 Å². The Kier molecular flexibility index (Phi) is 5.72.